The summed E-state index contributed by atoms with van der Waals surface area (Å²) < 4.78 is 11.1. The maximum Gasteiger partial charge on any atom is 0.276 e. The zero-order valence-corrected chi connectivity index (χ0v) is 16.7. The molecule has 0 spiro atoms. The Balaban J connectivity index is 1.26. The molecule has 2 aromatic rings. The fraction of sp³-hybridized carbons (Fsp3) is 0.522. The molecule has 3 heterocycles. The third-order valence-electron chi connectivity index (χ3n) is 6.77. The number of hydrogen-bond acceptors (Lipinski definition) is 5. The number of aromatic nitrogens is 1. The molecular weight excluding hydrogens is 368 g/mol. The topological polar surface area (TPSA) is 72.6 Å². The number of carbonyl (C=O) groups excluding carboxylic acids is 2. The quantitative estimate of drug-likeness (QED) is 0.714. The summed E-state index contributed by atoms with van der Waals surface area (Å²) in [7, 11) is 0. The van der Waals surface area contributed by atoms with Crippen molar-refractivity contribution in [2.45, 2.75) is 51.7 Å². The number of nitrogens with zero attached hydrogens (tertiary/aromatic N) is 2. The molecule has 4 fully saturated rings. The van der Waals surface area contributed by atoms with Crippen molar-refractivity contribution in [3.8, 4) is 5.75 Å². The predicted molar refractivity (Wildman–Crippen MR) is 106 cm³/mol. The Labute approximate surface area is 170 Å². The van der Waals surface area contributed by atoms with E-state index in [0.29, 0.717) is 34.7 Å². The van der Waals surface area contributed by atoms with E-state index in [1.807, 2.05) is 0 Å². The van der Waals surface area contributed by atoms with E-state index in [9.17, 15) is 9.59 Å². The molecule has 6 heteroatoms. The van der Waals surface area contributed by atoms with Crippen molar-refractivity contribution >= 4 is 11.7 Å². The van der Waals surface area contributed by atoms with Crippen LogP contribution in [-0.4, -0.2) is 34.3 Å². The average Bonchev–Trinajstić information content (AvgIpc) is 3.09. The molecule has 2 saturated carbocycles. The van der Waals surface area contributed by atoms with Crippen LogP contribution in [0.5, 0.6) is 5.75 Å². The molecule has 1 amide bonds. The highest BCUT2D eigenvalue weighted by molar-refractivity contribution is 5.94. The molecule has 0 N–H and O–H groups in total. The molecule has 1 aromatic heterocycles. The average molecular weight is 394 g/mol. The Hall–Kier alpha value is -2.63. The zero-order chi connectivity index (χ0) is 20.0. The minimum Gasteiger partial charge on any atom is -0.486 e. The minimum absolute atomic E-state index is 0.0108. The molecule has 4 atom stereocenters. The van der Waals surface area contributed by atoms with E-state index in [4.69, 9.17) is 9.26 Å². The molecule has 0 radical (unpaired) electrons. The minimum atomic E-state index is -0.0169. The molecule has 29 heavy (non-hydrogen) atoms. The number of fused-ring (bicyclic) bond motifs is 1. The van der Waals surface area contributed by atoms with E-state index in [2.05, 4.69) is 10.1 Å². The molecule has 2 aliphatic carbocycles. The Bertz CT molecular complexity index is 922. The second kappa shape index (κ2) is 7.32. The highest BCUT2D eigenvalue weighted by Crippen LogP contribution is 2.47. The van der Waals surface area contributed by atoms with Crippen LogP contribution in [0.1, 0.15) is 65.6 Å². The molecule has 1 aromatic carbocycles. The van der Waals surface area contributed by atoms with Gasteiger partial charge < -0.3 is 14.2 Å². The summed E-state index contributed by atoms with van der Waals surface area (Å²) >= 11 is 0. The fourth-order valence-electron chi connectivity index (χ4n) is 5.62. The lowest BCUT2D eigenvalue weighted by Gasteiger charge is -2.38. The van der Waals surface area contributed by atoms with E-state index < -0.39 is 0 Å². The second-order valence-corrected chi connectivity index (χ2v) is 8.94. The van der Waals surface area contributed by atoms with Gasteiger partial charge in [-0.3, -0.25) is 9.59 Å². The summed E-state index contributed by atoms with van der Waals surface area (Å²) in [6.45, 7) is 2.54. The van der Waals surface area contributed by atoms with Crippen molar-refractivity contribution in [2.75, 3.05) is 6.54 Å². The molecule has 2 saturated heterocycles. The molecule has 6 rings (SSSR count). The van der Waals surface area contributed by atoms with Crippen LogP contribution in [0, 0.1) is 17.8 Å². The molecular formula is C23H26N2O4. The molecule has 6 nitrogen and oxygen atoms in total. The highest BCUT2D eigenvalue weighted by atomic mass is 16.5. The Morgan fingerprint density at radius 2 is 1.86 bits per heavy atom. The summed E-state index contributed by atoms with van der Waals surface area (Å²) in [5.41, 5.74) is 0.962. The smallest absolute Gasteiger partial charge is 0.276 e. The molecule has 4 bridgehead atoms. The van der Waals surface area contributed by atoms with Crippen LogP contribution in [0.4, 0.5) is 0 Å². The van der Waals surface area contributed by atoms with Crippen LogP contribution in [0.2, 0.25) is 0 Å². The zero-order valence-electron chi connectivity index (χ0n) is 16.7. The number of ether oxygens (including phenoxy) is 1. The molecule has 2 aliphatic heterocycles. The third-order valence-corrected chi connectivity index (χ3v) is 6.77. The largest absolute Gasteiger partial charge is 0.486 e. The first-order valence-electron chi connectivity index (χ1n) is 10.6. The SMILES string of the molecule is CC(=O)c1cccc(OCc2cc(C(=O)N3CC4C[C@@H]5CC3C[C@H](C4)C5)no2)c1. The highest BCUT2D eigenvalue weighted by Gasteiger charge is 2.44. The van der Waals surface area contributed by atoms with Gasteiger partial charge in [-0.1, -0.05) is 17.3 Å². The van der Waals surface area contributed by atoms with Crippen LogP contribution in [-0.2, 0) is 6.61 Å². The van der Waals surface area contributed by atoms with E-state index in [-0.39, 0.29) is 18.3 Å². The number of Topliss-reactive ketones (excluding diaryl/α,β-unsaturated/α-hetero) is 1. The second-order valence-electron chi connectivity index (χ2n) is 8.94. The van der Waals surface area contributed by atoms with Gasteiger partial charge in [-0.15, -0.1) is 0 Å². The van der Waals surface area contributed by atoms with Crippen molar-refractivity contribution in [1.29, 1.82) is 0 Å². The van der Waals surface area contributed by atoms with Gasteiger partial charge in [0.2, 0.25) is 0 Å². The van der Waals surface area contributed by atoms with Crippen molar-refractivity contribution in [2.24, 2.45) is 17.8 Å². The maximum atomic E-state index is 13.1. The number of hydrogen-bond donors (Lipinski definition) is 0. The first-order chi connectivity index (χ1) is 14.0. The van der Waals surface area contributed by atoms with Crippen LogP contribution < -0.4 is 4.74 Å². The summed E-state index contributed by atoms with van der Waals surface area (Å²) in [6, 6.07) is 9.06. The van der Waals surface area contributed by atoms with E-state index in [0.717, 1.165) is 31.2 Å². The number of carbonyl (C=O) groups is 2. The van der Waals surface area contributed by atoms with Gasteiger partial charge in [-0.25, -0.2) is 0 Å². The van der Waals surface area contributed by atoms with Gasteiger partial charge in [-0.2, -0.15) is 0 Å². The number of ketones is 1. The Morgan fingerprint density at radius 1 is 1.10 bits per heavy atom. The summed E-state index contributed by atoms with van der Waals surface area (Å²) in [5, 5.41) is 4.02. The van der Waals surface area contributed by atoms with Crippen molar-refractivity contribution in [3.05, 3.63) is 47.3 Å². The van der Waals surface area contributed by atoms with E-state index in [1.54, 1.807) is 30.3 Å². The van der Waals surface area contributed by atoms with Gasteiger partial charge in [0.05, 0.1) is 0 Å². The van der Waals surface area contributed by atoms with Crippen molar-refractivity contribution in [3.63, 3.8) is 0 Å². The number of rotatable bonds is 5. The summed E-state index contributed by atoms with van der Waals surface area (Å²) in [5.74, 6) is 3.29. The van der Waals surface area contributed by atoms with E-state index in [1.165, 1.54) is 26.2 Å². The molecule has 2 unspecified atom stereocenters. The summed E-state index contributed by atoms with van der Waals surface area (Å²) in [6.07, 6.45) is 6.17. The normalized spacial score (nSPS) is 27.7. The standard InChI is InChI=1S/C23H26N2O4/c1-14(26)18-3-2-4-20(10-18)28-13-21-11-22(24-29-21)23(27)25-12-17-6-15-5-16(7-17)9-19(25)8-15/h2-4,10-11,15-17,19H,5-9,12-13H2,1H3/t15-,16+,17?,19?. The maximum absolute atomic E-state index is 13.1. The van der Waals surface area contributed by atoms with Crippen LogP contribution in [0.3, 0.4) is 0 Å². The van der Waals surface area contributed by atoms with Gasteiger partial charge in [0.15, 0.2) is 17.2 Å². The lowest BCUT2D eigenvalue weighted by molar-refractivity contribution is 0.0622. The van der Waals surface area contributed by atoms with Gasteiger partial charge in [0, 0.05) is 24.2 Å². The van der Waals surface area contributed by atoms with Gasteiger partial charge in [-0.05, 0) is 68.9 Å². The van der Waals surface area contributed by atoms with Crippen LogP contribution in [0.25, 0.3) is 0 Å². The Kier molecular flexibility index (Phi) is 4.64. The predicted octanol–water partition coefficient (Wildman–Crippen LogP) is 4.11. The summed E-state index contributed by atoms with van der Waals surface area (Å²) in [4.78, 5) is 26.7. The van der Waals surface area contributed by atoms with Gasteiger partial charge in [0.25, 0.3) is 5.91 Å². The fourth-order valence-corrected chi connectivity index (χ4v) is 5.62. The van der Waals surface area contributed by atoms with Crippen molar-refractivity contribution in [1.82, 2.24) is 10.1 Å². The number of benzene rings is 1. The first-order valence-corrected chi connectivity index (χ1v) is 10.6. The lowest BCUT2D eigenvalue weighted by atomic mass is 9.68. The van der Waals surface area contributed by atoms with E-state index >= 15 is 0 Å². The third kappa shape index (κ3) is 3.68. The molecule has 152 valence electrons. The monoisotopic (exact) mass is 394 g/mol. The Morgan fingerprint density at radius 3 is 2.62 bits per heavy atom. The van der Waals surface area contributed by atoms with Crippen molar-refractivity contribution < 1.29 is 18.8 Å². The van der Waals surface area contributed by atoms with Gasteiger partial charge in [0.1, 0.15) is 12.4 Å². The lowest BCUT2D eigenvalue weighted by Crippen LogP contribution is -2.42. The molecule has 4 aliphatic rings. The first kappa shape index (κ1) is 18.4. The van der Waals surface area contributed by atoms with Crippen LogP contribution >= 0.6 is 0 Å². The van der Waals surface area contributed by atoms with Crippen LogP contribution in [0.15, 0.2) is 34.9 Å². The number of amides is 1. The van der Waals surface area contributed by atoms with Gasteiger partial charge >= 0.3 is 0 Å².